The molecule has 2 aromatic rings. The van der Waals surface area contributed by atoms with Gasteiger partial charge in [0.25, 0.3) is 0 Å². The Morgan fingerprint density at radius 1 is 1.27 bits per heavy atom. The van der Waals surface area contributed by atoms with Crippen molar-refractivity contribution in [3.63, 3.8) is 0 Å². The van der Waals surface area contributed by atoms with Gasteiger partial charge < -0.3 is 0 Å². The van der Waals surface area contributed by atoms with E-state index in [9.17, 15) is 0 Å². The SMILES string of the molecule is C#N.Cc1ccc2nccc(C#N)c2c1. The first kappa shape index (κ1) is 10.7. The standard InChI is InChI=1S/C11H8N2.CHN/c1-8-2-3-11-10(6-8)9(7-12)4-5-13-11;1-2/h2-6H,1H3;1H. The van der Waals surface area contributed by atoms with Crippen LogP contribution in [0.1, 0.15) is 11.1 Å². The third-order valence-corrected chi connectivity index (χ3v) is 2.02. The van der Waals surface area contributed by atoms with Crippen LogP contribution in [0.2, 0.25) is 0 Å². The van der Waals surface area contributed by atoms with Crippen LogP contribution in [-0.2, 0) is 0 Å². The highest BCUT2D eigenvalue weighted by molar-refractivity contribution is 5.84. The van der Waals surface area contributed by atoms with E-state index >= 15 is 0 Å². The summed E-state index contributed by atoms with van der Waals surface area (Å²) in [4.78, 5) is 4.18. The maximum absolute atomic E-state index is 8.85. The summed E-state index contributed by atoms with van der Waals surface area (Å²) in [6.45, 7) is 5.51. The Bertz CT molecular complexity index is 535. The fraction of sp³-hybridized carbons (Fsp3) is 0.0833. The first-order valence-corrected chi connectivity index (χ1v) is 4.32. The van der Waals surface area contributed by atoms with Crippen LogP contribution in [-0.4, -0.2) is 4.98 Å². The number of rotatable bonds is 0. The summed E-state index contributed by atoms with van der Waals surface area (Å²) < 4.78 is 0. The van der Waals surface area contributed by atoms with E-state index in [1.165, 1.54) is 0 Å². The Kier molecular flexibility index (Phi) is 3.38. The van der Waals surface area contributed by atoms with Gasteiger partial charge in [-0.15, -0.1) is 0 Å². The van der Waals surface area contributed by atoms with Crippen LogP contribution in [0.3, 0.4) is 0 Å². The smallest absolute Gasteiger partial charge is 0.0999 e. The molecule has 1 heterocycles. The van der Waals surface area contributed by atoms with Crippen molar-refractivity contribution in [2.75, 3.05) is 0 Å². The molecule has 0 radical (unpaired) electrons. The van der Waals surface area contributed by atoms with Gasteiger partial charge in [0.1, 0.15) is 0 Å². The summed E-state index contributed by atoms with van der Waals surface area (Å²) >= 11 is 0. The van der Waals surface area contributed by atoms with Gasteiger partial charge in [-0.1, -0.05) is 11.6 Å². The van der Waals surface area contributed by atoms with Gasteiger partial charge in [-0.3, -0.25) is 4.98 Å². The lowest BCUT2D eigenvalue weighted by atomic mass is 10.1. The number of hydrogen-bond donors (Lipinski definition) is 0. The number of aromatic nitrogens is 1. The van der Waals surface area contributed by atoms with Crippen molar-refractivity contribution in [3.05, 3.63) is 41.6 Å². The molecule has 2 rings (SSSR count). The minimum atomic E-state index is 0.689. The molecule has 1 aromatic heterocycles. The summed E-state index contributed by atoms with van der Waals surface area (Å²) in [5.74, 6) is 0. The van der Waals surface area contributed by atoms with E-state index in [1.807, 2.05) is 25.1 Å². The van der Waals surface area contributed by atoms with Crippen molar-refractivity contribution in [1.82, 2.24) is 4.98 Å². The van der Waals surface area contributed by atoms with Crippen LogP contribution in [0.5, 0.6) is 0 Å². The summed E-state index contributed by atoms with van der Waals surface area (Å²) in [6, 6.07) is 9.81. The van der Waals surface area contributed by atoms with Crippen molar-refractivity contribution in [3.8, 4) is 12.6 Å². The van der Waals surface area contributed by atoms with Crippen molar-refractivity contribution < 1.29 is 0 Å². The summed E-state index contributed by atoms with van der Waals surface area (Å²) in [7, 11) is 0. The first-order valence-electron chi connectivity index (χ1n) is 4.32. The number of aryl methyl sites for hydroxylation is 1. The van der Waals surface area contributed by atoms with E-state index in [-0.39, 0.29) is 0 Å². The average molecular weight is 195 g/mol. The van der Waals surface area contributed by atoms with Crippen molar-refractivity contribution in [1.29, 1.82) is 10.5 Å². The van der Waals surface area contributed by atoms with Gasteiger partial charge in [0.2, 0.25) is 0 Å². The Labute approximate surface area is 88.2 Å². The van der Waals surface area contributed by atoms with Gasteiger partial charge in [0, 0.05) is 18.2 Å². The third kappa shape index (κ3) is 2.10. The highest BCUT2D eigenvalue weighted by Gasteiger charge is 1.99. The fourth-order valence-electron chi connectivity index (χ4n) is 1.36. The number of benzene rings is 1. The highest BCUT2D eigenvalue weighted by Crippen LogP contribution is 2.16. The molecule has 0 atom stereocenters. The number of hydrogen-bond acceptors (Lipinski definition) is 3. The van der Waals surface area contributed by atoms with Crippen LogP contribution >= 0.6 is 0 Å². The molecular weight excluding hydrogens is 186 g/mol. The first-order chi connectivity index (χ1) is 7.31. The van der Waals surface area contributed by atoms with E-state index in [0.717, 1.165) is 16.5 Å². The molecule has 0 fully saturated rings. The molecule has 3 heteroatoms. The van der Waals surface area contributed by atoms with Crippen molar-refractivity contribution >= 4 is 10.9 Å². The second-order valence-corrected chi connectivity index (χ2v) is 2.99. The van der Waals surface area contributed by atoms with Crippen LogP contribution in [0.25, 0.3) is 10.9 Å². The molecule has 0 aliphatic heterocycles. The monoisotopic (exact) mass is 195 g/mol. The topological polar surface area (TPSA) is 60.5 Å². The van der Waals surface area contributed by atoms with Gasteiger partial charge >= 0.3 is 0 Å². The Balaban J connectivity index is 0.000000531. The van der Waals surface area contributed by atoms with E-state index in [2.05, 4.69) is 17.6 Å². The molecule has 0 spiro atoms. The predicted octanol–water partition coefficient (Wildman–Crippen LogP) is 2.55. The molecule has 15 heavy (non-hydrogen) atoms. The second-order valence-electron chi connectivity index (χ2n) is 2.99. The number of nitriles is 2. The molecule has 3 nitrogen and oxygen atoms in total. The molecule has 1 aromatic carbocycles. The molecule has 0 amide bonds. The Hall–Kier alpha value is -2.39. The van der Waals surface area contributed by atoms with Crippen LogP contribution in [0.15, 0.2) is 30.5 Å². The minimum Gasteiger partial charge on any atom is -0.256 e. The number of fused-ring (bicyclic) bond motifs is 1. The lowest BCUT2D eigenvalue weighted by Crippen LogP contribution is -1.83. The van der Waals surface area contributed by atoms with Gasteiger partial charge in [-0.2, -0.15) is 5.26 Å². The van der Waals surface area contributed by atoms with Crippen LogP contribution < -0.4 is 0 Å². The zero-order valence-corrected chi connectivity index (χ0v) is 8.31. The van der Waals surface area contributed by atoms with E-state index < -0.39 is 0 Å². The molecule has 0 saturated carbocycles. The predicted molar refractivity (Wildman–Crippen MR) is 57.9 cm³/mol. The summed E-state index contributed by atoms with van der Waals surface area (Å²) in [5, 5.41) is 16.3. The van der Waals surface area contributed by atoms with Gasteiger partial charge in [-0.05, 0) is 25.1 Å². The van der Waals surface area contributed by atoms with E-state index in [1.54, 1.807) is 12.3 Å². The molecule has 0 saturated heterocycles. The van der Waals surface area contributed by atoms with Crippen LogP contribution in [0, 0.1) is 30.1 Å². The quantitative estimate of drug-likeness (QED) is 0.649. The maximum atomic E-state index is 8.85. The van der Waals surface area contributed by atoms with Gasteiger partial charge in [0.15, 0.2) is 0 Å². The Morgan fingerprint density at radius 3 is 2.67 bits per heavy atom. The molecule has 0 aliphatic carbocycles. The normalized spacial score (nSPS) is 8.67. The molecule has 0 bridgehead atoms. The minimum absolute atomic E-state index is 0.689. The van der Waals surface area contributed by atoms with Crippen molar-refractivity contribution in [2.24, 2.45) is 0 Å². The second kappa shape index (κ2) is 4.74. The van der Waals surface area contributed by atoms with E-state index in [4.69, 9.17) is 10.5 Å². The molecule has 0 unspecified atom stereocenters. The van der Waals surface area contributed by atoms with Gasteiger partial charge in [0.05, 0.1) is 17.1 Å². The highest BCUT2D eigenvalue weighted by atomic mass is 14.6. The average Bonchev–Trinajstić information content (AvgIpc) is 2.31. The number of nitrogens with zero attached hydrogens (tertiary/aromatic N) is 3. The van der Waals surface area contributed by atoms with Crippen LogP contribution in [0.4, 0.5) is 0 Å². The molecule has 0 N–H and O–H groups in total. The molecule has 0 aliphatic rings. The summed E-state index contributed by atoms with van der Waals surface area (Å²) in [6.07, 6.45) is 1.66. The van der Waals surface area contributed by atoms with Crippen molar-refractivity contribution in [2.45, 2.75) is 6.92 Å². The van der Waals surface area contributed by atoms with Gasteiger partial charge in [-0.25, -0.2) is 5.26 Å². The Morgan fingerprint density at radius 2 is 2.00 bits per heavy atom. The maximum Gasteiger partial charge on any atom is 0.0999 e. The molecule has 72 valence electrons. The summed E-state index contributed by atoms with van der Waals surface area (Å²) in [5.41, 5.74) is 2.72. The molecular formula is C12H9N3. The lowest BCUT2D eigenvalue weighted by Gasteiger charge is -1.99. The third-order valence-electron chi connectivity index (χ3n) is 2.02. The zero-order chi connectivity index (χ0) is 11.3. The lowest BCUT2D eigenvalue weighted by molar-refractivity contribution is 1.37. The van der Waals surface area contributed by atoms with E-state index in [0.29, 0.717) is 5.56 Å². The zero-order valence-electron chi connectivity index (χ0n) is 8.31. The largest absolute Gasteiger partial charge is 0.256 e. The fourth-order valence-corrected chi connectivity index (χ4v) is 1.36. The number of pyridine rings is 1.